The Morgan fingerprint density at radius 1 is 0.679 bits per heavy atom. The third-order valence-electron chi connectivity index (χ3n) is 7.71. The van der Waals surface area contributed by atoms with Crippen LogP contribution in [0, 0.1) is 11.8 Å². The van der Waals surface area contributed by atoms with Crippen LogP contribution in [0.4, 0.5) is 0 Å². The Bertz CT molecular complexity index is 401. The predicted molar refractivity (Wildman–Crippen MR) is 126 cm³/mol. The lowest BCUT2D eigenvalue weighted by Crippen LogP contribution is -2.35. The van der Waals surface area contributed by atoms with Crippen LogP contribution in [0.3, 0.4) is 0 Å². The molecule has 1 aliphatic heterocycles. The molecule has 0 bridgehead atoms. The smallest absolute Gasteiger partial charge is 0.0738 e. The molecule has 4 heteroatoms. The van der Waals surface area contributed by atoms with E-state index < -0.39 is 0 Å². The minimum atomic E-state index is -0.204. The Kier molecular flexibility index (Phi) is 10.9. The Hall–Kier alpha value is 0.610. The second-order valence-corrected chi connectivity index (χ2v) is 11.0. The minimum absolute atomic E-state index is 0.198. The fourth-order valence-electron chi connectivity index (χ4n) is 5.85. The molecule has 3 fully saturated rings. The Balaban J connectivity index is 1.43. The summed E-state index contributed by atoms with van der Waals surface area (Å²) >= 11 is 2.36. The highest BCUT2D eigenvalue weighted by molar-refractivity contribution is 14.1. The molecule has 3 rings (SSSR count). The third-order valence-corrected chi connectivity index (χ3v) is 8.91. The van der Waals surface area contributed by atoms with Crippen LogP contribution in [0.1, 0.15) is 109 Å². The van der Waals surface area contributed by atoms with Gasteiger partial charge in [-0.05, 0) is 31.1 Å². The zero-order valence-electron chi connectivity index (χ0n) is 18.0. The molecule has 1 heterocycles. The van der Waals surface area contributed by atoms with Gasteiger partial charge in [-0.2, -0.15) is 0 Å². The molecule has 3 nitrogen and oxygen atoms in total. The Morgan fingerprint density at radius 2 is 1.18 bits per heavy atom. The first-order valence-corrected chi connectivity index (χ1v) is 13.4. The first-order chi connectivity index (χ1) is 13.7. The molecule has 4 atom stereocenters. The summed E-state index contributed by atoms with van der Waals surface area (Å²) in [7, 11) is 0. The van der Waals surface area contributed by atoms with Gasteiger partial charge < -0.3 is 9.84 Å². The maximum atomic E-state index is 10.2. The summed E-state index contributed by atoms with van der Waals surface area (Å²) in [6.07, 6.45) is 23.8. The van der Waals surface area contributed by atoms with E-state index in [4.69, 9.17) is 4.74 Å². The zero-order chi connectivity index (χ0) is 19.6. The van der Waals surface area contributed by atoms with E-state index in [0.717, 1.165) is 24.8 Å². The van der Waals surface area contributed by atoms with Crippen LogP contribution in [0.2, 0.25) is 0 Å². The summed E-state index contributed by atoms with van der Waals surface area (Å²) in [5, 5.41) is 10.2. The van der Waals surface area contributed by atoms with Gasteiger partial charge in [0.15, 0.2) is 0 Å². The molecule has 1 saturated heterocycles. The van der Waals surface area contributed by atoms with E-state index >= 15 is 0 Å². The Labute approximate surface area is 187 Å². The molecule has 164 valence electrons. The van der Waals surface area contributed by atoms with Gasteiger partial charge in [0.25, 0.3) is 0 Å². The Morgan fingerprint density at radius 3 is 1.79 bits per heavy atom. The van der Waals surface area contributed by atoms with Crippen molar-refractivity contribution >= 4 is 22.9 Å². The number of aliphatic hydroxyl groups is 1. The lowest BCUT2D eigenvalue weighted by Gasteiger charge is -2.28. The van der Waals surface area contributed by atoms with Gasteiger partial charge in [0, 0.05) is 29.4 Å². The first-order valence-electron chi connectivity index (χ1n) is 12.5. The molecule has 4 unspecified atom stereocenters. The monoisotopic (exact) mass is 505 g/mol. The fraction of sp³-hybridized carbons (Fsp3) is 1.00. The van der Waals surface area contributed by atoms with E-state index in [-0.39, 0.29) is 12.1 Å². The highest BCUT2D eigenvalue weighted by Crippen LogP contribution is 2.35. The van der Waals surface area contributed by atoms with Gasteiger partial charge in [0.05, 0.1) is 24.9 Å². The van der Waals surface area contributed by atoms with E-state index in [1.807, 2.05) is 0 Å². The molecule has 0 radical (unpaired) electrons. The van der Waals surface area contributed by atoms with Gasteiger partial charge in [-0.1, -0.05) is 89.9 Å². The van der Waals surface area contributed by atoms with Gasteiger partial charge in [-0.25, -0.2) is 3.11 Å². The molecule has 0 aromatic carbocycles. The van der Waals surface area contributed by atoms with Gasteiger partial charge >= 0.3 is 0 Å². The highest BCUT2D eigenvalue weighted by atomic mass is 127. The summed E-state index contributed by atoms with van der Waals surface area (Å²) in [5.74, 6) is 1.97. The van der Waals surface area contributed by atoms with Crippen molar-refractivity contribution < 1.29 is 9.84 Å². The van der Waals surface area contributed by atoms with E-state index in [1.54, 1.807) is 0 Å². The van der Waals surface area contributed by atoms with Crippen LogP contribution in [-0.2, 0) is 4.74 Å². The van der Waals surface area contributed by atoms with Crippen LogP contribution < -0.4 is 0 Å². The molecule has 0 amide bonds. The summed E-state index contributed by atoms with van der Waals surface area (Å²) < 4.78 is 8.58. The molecule has 0 aromatic heterocycles. The quantitative estimate of drug-likeness (QED) is 0.343. The van der Waals surface area contributed by atoms with Crippen molar-refractivity contribution in [2.24, 2.45) is 11.8 Å². The average molecular weight is 506 g/mol. The third kappa shape index (κ3) is 7.70. The minimum Gasteiger partial charge on any atom is -0.391 e. The zero-order valence-corrected chi connectivity index (χ0v) is 20.2. The molecule has 28 heavy (non-hydrogen) atoms. The molecule has 0 spiro atoms. The summed E-state index contributed by atoms with van der Waals surface area (Å²) in [6.45, 7) is 1.70. The van der Waals surface area contributed by atoms with Crippen LogP contribution in [0.25, 0.3) is 0 Å². The van der Waals surface area contributed by atoms with Crippen molar-refractivity contribution in [3.8, 4) is 0 Å². The number of hydrogen-bond acceptors (Lipinski definition) is 3. The largest absolute Gasteiger partial charge is 0.391 e. The second kappa shape index (κ2) is 13.1. The van der Waals surface area contributed by atoms with Crippen molar-refractivity contribution in [1.29, 1.82) is 0 Å². The molecule has 2 saturated carbocycles. The van der Waals surface area contributed by atoms with Crippen molar-refractivity contribution in [1.82, 2.24) is 3.11 Å². The molecular formula is C24H44INO2. The van der Waals surface area contributed by atoms with Crippen molar-refractivity contribution in [2.75, 3.05) is 13.2 Å². The van der Waals surface area contributed by atoms with Crippen molar-refractivity contribution in [3.05, 3.63) is 0 Å². The van der Waals surface area contributed by atoms with Gasteiger partial charge in [0.2, 0.25) is 0 Å². The molecule has 0 aromatic rings. The fourth-order valence-corrected chi connectivity index (χ4v) is 6.66. The maximum Gasteiger partial charge on any atom is 0.0738 e. The lowest BCUT2D eigenvalue weighted by atomic mass is 9.78. The number of aliphatic hydroxyl groups excluding tert-OH is 1. The van der Waals surface area contributed by atoms with E-state index in [9.17, 15) is 5.11 Å². The van der Waals surface area contributed by atoms with Crippen molar-refractivity contribution in [3.63, 3.8) is 0 Å². The first kappa shape index (κ1) is 23.3. The summed E-state index contributed by atoms with van der Waals surface area (Å²) in [6, 6.07) is 0.198. The van der Waals surface area contributed by atoms with E-state index in [0.29, 0.717) is 12.7 Å². The molecule has 3 aliphatic rings. The van der Waals surface area contributed by atoms with Gasteiger partial charge in [-0.15, -0.1) is 0 Å². The number of hydrogen-bond donors (Lipinski definition) is 1. The van der Waals surface area contributed by atoms with Gasteiger partial charge in [-0.3, -0.25) is 0 Å². The number of rotatable bonds is 4. The van der Waals surface area contributed by atoms with Crippen LogP contribution in [0.5, 0.6) is 0 Å². The lowest BCUT2D eigenvalue weighted by molar-refractivity contribution is -0.000482. The SMILES string of the molecule is OC1CCN(I)C1COC1CCCCC(C2CCCCCCCCC2)CCC1. The van der Waals surface area contributed by atoms with Crippen LogP contribution in [-0.4, -0.2) is 39.6 Å². The summed E-state index contributed by atoms with van der Waals surface area (Å²) in [4.78, 5) is 0. The normalized spacial score (nSPS) is 35.8. The maximum absolute atomic E-state index is 10.2. The second-order valence-electron chi connectivity index (χ2n) is 9.79. The number of ether oxygens (including phenoxy) is 1. The highest BCUT2D eigenvalue weighted by Gasteiger charge is 2.32. The topological polar surface area (TPSA) is 32.7 Å². The van der Waals surface area contributed by atoms with Crippen LogP contribution >= 0.6 is 22.9 Å². The predicted octanol–water partition coefficient (Wildman–Crippen LogP) is 6.66. The summed E-state index contributed by atoms with van der Waals surface area (Å²) in [5.41, 5.74) is 0. The van der Waals surface area contributed by atoms with Crippen molar-refractivity contribution in [2.45, 2.75) is 127 Å². The molecular weight excluding hydrogens is 461 g/mol. The number of nitrogens with zero attached hydrogens (tertiary/aromatic N) is 1. The van der Waals surface area contributed by atoms with E-state index in [1.165, 1.54) is 103 Å². The average Bonchev–Trinajstić information content (AvgIpc) is 3.08. The molecule has 2 aliphatic carbocycles. The van der Waals surface area contributed by atoms with Gasteiger partial charge in [0.1, 0.15) is 0 Å². The van der Waals surface area contributed by atoms with E-state index in [2.05, 4.69) is 26.0 Å². The van der Waals surface area contributed by atoms with Crippen LogP contribution in [0.15, 0.2) is 0 Å². The number of halogens is 1. The molecule has 1 N–H and O–H groups in total. The standard InChI is InChI=1S/C24H44INO2/c25-26-18-17-24(27)23(26)19-28-22-15-9-8-13-21(14-10-16-22)20-11-6-4-2-1-3-5-7-12-20/h20-24,27H,1-19H2.